The van der Waals surface area contributed by atoms with Crippen LogP contribution in [-0.2, 0) is 33.6 Å². The first-order valence-electron chi connectivity index (χ1n) is 11.4. The van der Waals surface area contributed by atoms with Crippen LogP contribution in [0.25, 0.3) is 0 Å². The summed E-state index contributed by atoms with van der Waals surface area (Å²) in [5, 5.41) is 58.8. The standard InChI is InChI=1S/C5H10N2O3.C5H9NO2.C4H9NO3.3C2H5NO2/c6-3(5(9)10)1-2-4(7)8;7-5(8)4-2-1-3-6-4;1-2(6)3(5)4(7)8;3*3-1-2(4)5/h3H,1-2,6H2,(H2,7,8)(H,9,10);4,6H,1-3H2,(H,7,8);2-3,6H,5H2,1H3,(H,7,8);3*1,3H2,(H,4,5). The Morgan fingerprint density at radius 1 is 0.780 bits per heavy atom. The van der Waals surface area contributed by atoms with E-state index in [9.17, 15) is 33.6 Å². The number of aliphatic hydroxyl groups excluding tert-OH is 1. The van der Waals surface area contributed by atoms with Crippen LogP contribution in [-0.4, -0.2) is 128 Å². The van der Waals surface area contributed by atoms with Gasteiger partial charge in [-0.3, -0.25) is 33.6 Å². The van der Waals surface area contributed by atoms with E-state index in [1.807, 2.05) is 0 Å². The molecule has 0 aromatic heterocycles. The third kappa shape index (κ3) is 46.2. The number of hydrogen-bond acceptors (Lipinski definition) is 14. The second-order valence-corrected chi connectivity index (χ2v) is 7.34. The highest BCUT2D eigenvalue weighted by Crippen LogP contribution is 2.03. The predicted octanol–water partition coefficient (Wildman–Crippen LogP) is -5.65. The molecule has 4 unspecified atom stereocenters. The molecule has 1 fully saturated rings. The van der Waals surface area contributed by atoms with Crippen molar-refractivity contribution in [1.82, 2.24) is 5.32 Å². The lowest BCUT2D eigenvalue weighted by Gasteiger charge is -2.06. The zero-order valence-electron chi connectivity index (χ0n) is 22.4. The number of aliphatic carboxylic acids is 6. The molecule has 242 valence electrons. The maximum Gasteiger partial charge on any atom is 0.323 e. The molecule has 1 aliphatic heterocycles. The molecular weight excluding hydrogens is 562 g/mol. The summed E-state index contributed by atoms with van der Waals surface area (Å²) < 4.78 is 0. The molecule has 0 spiro atoms. The second-order valence-electron chi connectivity index (χ2n) is 7.34. The van der Waals surface area contributed by atoms with Crippen molar-refractivity contribution in [2.24, 2.45) is 34.4 Å². The number of primary amides is 1. The van der Waals surface area contributed by atoms with Crippen LogP contribution >= 0.6 is 0 Å². The highest BCUT2D eigenvalue weighted by molar-refractivity contribution is 5.77. The fourth-order valence-electron chi connectivity index (χ4n) is 1.52. The average Bonchev–Trinajstić information content (AvgIpc) is 3.44. The summed E-state index contributed by atoms with van der Waals surface area (Å²) in [5.41, 5.74) is 28.4. The third-order valence-electron chi connectivity index (χ3n) is 3.71. The number of nitrogens with two attached hydrogens (primary N) is 6. The summed E-state index contributed by atoms with van der Waals surface area (Å²) in [6.07, 6.45) is 0.928. The largest absolute Gasteiger partial charge is 0.480 e. The van der Waals surface area contributed by atoms with Crippen molar-refractivity contribution >= 4 is 41.7 Å². The summed E-state index contributed by atoms with van der Waals surface area (Å²) in [5.74, 6) is -6.44. The number of rotatable bonds is 10. The monoisotopic (exact) mass is 605 g/mol. The molecule has 1 saturated heterocycles. The Kier molecular flexibility index (Phi) is 34.9. The van der Waals surface area contributed by atoms with Crippen molar-refractivity contribution in [1.29, 1.82) is 0 Å². The number of aliphatic hydroxyl groups is 1. The maximum absolute atomic E-state index is 10.1. The maximum atomic E-state index is 10.1. The van der Waals surface area contributed by atoms with Gasteiger partial charge in [0.15, 0.2) is 0 Å². The van der Waals surface area contributed by atoms with Gasteiger partial charge in [-0.1, -0.05) is 0 Å². The first-order valence-corrected chi connectivity index (χ1v) is 11.4. The van der Waals surface area contributed by atoms with Crippen LogP contribution in [0.3, 0.4) is 0 Å². The highest BCUT2D eigenvalue weighted by Gasteiger charge is 2.20. The summed E-state index contributed by atoms with van der Waals surface area (Å²) in [7, 11) is 0. The molecule has 0 saturated carbocycles. The highest BCUT2D eigenvalue weighted by atomic mass is 16.4. The molecule has 0 radical (unpaired) electrons. The average molecular weight is 606 g/mol. The van der Waals surface area contributed by atoms with E-state index in [0.717, 1.165) is 19.4 Å². The number of carboxylic acids is 6. The smallest absolute Gasteiger partial charge is 0.323 e. The Balaban J connectivity index is -0.000000129. The van der Waals surface area contributed by atoms with Gasteiger partial charge >= 0.3 is 35.8 Å². The first-order chi connectivity index (χ1) is 18.7. The molecule has 4 atom stereocenters. The van der Waals surface area contributed by atoms with E-state index in [-0.39, 0.29) is 38.5 Å². The molecule has 1 amide bonds. The van der Waals surface area contributed by atoms with Crippen LogP contribution < -0.4 is 39.7 Å². The van der Waals surface area contributed by atoms with Crippen molar-refractivity contribution in [3.63, 3.8) is 0 Å². The normalized spacial score (nSPS) is 14.7. The Hall–Kier alpha value is -3.99. The minimum absolute atomic E-state index is 0.0213. The van der Waals surface area contributed by atoms with Gasteiger partial charge in [0, 0.05) is 6.42 Å². The molecular formula is C20H43N7O14. The van der Waals surface area contributed by atoms with Crippen LogP contribution in [0.1, 0.15) is 32.6 Å². The number of carbonyl (C=O) groups is 7. The predicted molar refractivity (Wildman–Crippen MR) is 140 cm³/mol. The van der Waals surface area contributed by atoms with Crippen molar-refractivity contribution in [2.45, 2.75) is 56.8 Å². The van der Waals surface area contributed by atoms with E-state index < -0.39 is 59.9 Å². The van der Waals surface area contributed by atoms with E-state index in [1.54, 1.807) is 0 Å². The van der Waals surface area contributed by atoms with Gasteiger partial charge in [-0.15, -0.1) is 0 Å². The van der Waals surface area contributed by atoms with Crippen LogP contribution in [0, 0.1) is 0 Å². The molecule has 21 heteroatoms. The lowest BCUT2D eigenvalue weighted by molar-refractivity contribution is -0.141. The molecule has 1 heterocycles. The number of nitrogens with one attached hydrogen (secondary N) is 1. The van der Waals surface area contributed by atoms with Crippen LogP contribution in [0.2, 0.25) is 0 Å². The molecule has 0 bridgehead atoms. The molecule has 1 rings (SSSR count). The minimum atomic E-state index is -1.18. The molecule has 0 aromatic carbocycles. The Labute approximate surface area is 234 Å². The number of amides is 1. The van der Waals surface area contributed by atoms with Crippen molar-refractivity contribution < 1.29 is 69.3 Å². The minimum Gasteiger partial charge on any atom is -0.480 e. The van der Waals surface area contributed by atoms with Gasteiger partial charge < -0.3 is 75.5 Å². The van der Waals surface area contributed by atoms with E-state index in [2.05, 4.69) is 22.5 Å². The fraction of sp³-hybridized carbons (Fsp3) is 0.650. The Morgan fingerprint density at radius 2 is 1.15 bits per heavy atom. The van der Waals surface area contributed by atoms with Crippen molar-refractivity contribution in [3.05, 3.63) is 0 Å². The molecule has 0 aromatic rings. The van der Waals surface area contributed by atoms with Crippen molar-refractivity contribution in [3.8, 4) is 0 Å². The van der Waals surface area contributed by atoms with E-state index in [4.69, 9.17) is 52.9 Å². The van der Waals surface area contributed by atoms with Gasteiger partial charge in [0.2, 0.25) is 5.91 Å². The lowest BCUT2D eigenvalue weighted by Crippen LogP contribution is -2.39. The van der Waals surface area contributed by atoms with E-state index in [0.29, 0.717) is 0 Å². The summed E-state index contributed by atoms with van der Waals surface area (Å²) in [6, 6.07) is -2.41. The van der Waals surface area contributed by atoms with Crippen LogP contribution in [0.15, 0.2) is 0 Å². The van der Waals surface area contributed by atoms with Gasteiger partial charge in [0.25, 0.3) is 0 Å². The summed E-state index contributed by atoms with van der Waals surface area (Å²) >= 11 is 0. The van der Waals surface area contributed by atoms with E-state index >= 15 is 0 Å². The molecule has 20 N–H and O–H groups in total. The van der Waals surface area contributed by atoms with E-state index in [1.165, 1.54) is 6.92 Å². The van der Waals surface area contributed by atoms with Crippen LogP contribution in [0.4, 0.5) is 0 Å². The Bertz CT molecular complexity index is 732. The molecule has 21 nitrogen and oxygen atoms in total. The van der Waals surface area contributed by atoms with Crippen LogP contribution in [0.5, 0.6) is 0 Å². The van der Waals surface area contributed by atoms with Gasteiger partial charge in [-0.25, -0.2) is 0 Å². The zero-order valence-corrected chi connectivity index (χ0v) is 22.4. The van der Waals surface area contributed by atoms with Gasteiger partial charge in [0.1, 0.15) is 18.1 Å². The lowest BCUT2D eigenvalue weighted by atomic mass is 10.2. The van der Waals surface area contributed by atoms with Gasteiger partial charge in [0.05, 0.1) is 25.7 Å². The first kappa shape index (κ1) is 46.8. The Morgan fingerprint density at radius 3 is 1.27 bits per heavy atom. The SMILES string of the molecule is CC(O)C(N)C(=O)O.NC(=O)CCC(N)C(=O)O.NCC(=O)O.NCC(=O)O.NCC(=O)O.O=C(O)C1CCCN1. The third-order valence-corrected chi connectivity index (χ3v) is 3.71. The molecule has 41 heavy (non-hydrogen) atoms. The topological polar surface area (TPSA) is 429 Å². The molecule has 1 aliphatic rings. The fourth-order valence-corrected chi connectivity index (χ4v) is 1.52. The summed E-state index contributed by atoms with van der Waals surface area (Å²) in [6.45, 7) is 1.36. The number of carboxylic acid groups (broad SMARTS) is 6. The van der Waals surface area contributed by atoms with Crippen molar-refractivity contribution in [2.75, 3.05) is 26.2 Å². The quantitative estimate of drug-likeness (QED) is 0.110. The number of carbonyl (C=O) groups excluding carboxylic acids is 1. The zero-order chi connectivity index (χ0) is 33.7. The second kappa shape index (κ2) is 30.6. The number of hydrogen-bond donors (Lipinski definition) is 14. The summed E-state index contributed by atoms with van der Waals surface area (Å²) in [4.78, 5) is 67.9. The van der Waals surface area contributed by atoms with Gasteiger partial charge in [-0.2, -0.15) is 0 Å². The molecule has 0 aliphatic carbocycles. The van der Waals surface area contributed by atoms with Gasteiger partial charge in [-0.05, 0) is 32.7 Å².